The predicted octanol–water partition coefficient (Wildman–Crippen LogP) is 5.88. The molecule has 136 valence electrons. The predicted molar refractivity (Wildman–Crippen MR) is 103 cm³/mol. The van der Waals surface area contributed by atoms with E-state index < -0.39 is 11.8 Å². The fourth-order valence-corrected chi connectivity index (χ4v) is 3.11. The van der Waals surface area contributed by atoms with Crippen molar-refractivity contribution in [2.45, 2.75) is 19.3 Å². The van der Waals surface area contributed by atoms with E-state index in [1.165, 1.54) is 30.5 Å². The van der Waals surface area contributed by atoms with Gasteiger partial charge in [0, 0.05) is 35.2 Å². The maximum atomic E-state index is 14.4. The minimum Gasteiger partial charge on any atom is -0.294 e. The molecule has 0 radical (unpaired) electrons. The van der Waals surface area contributed by atoms with Gasteiger partial charge in [-0.15, -0.1) is 6.58 Å². The summed E-state index contributed by atoms with van der Waals surface area (Å²) in [5.41, 5.74) is 1.94. The summed E-state index contributed by atoms with van der Waals surface area (Å²) in [6.07, 6.45) is 3.23. The highest BCUT2D eigenvalue weighted by Crippen LogP contribution is 2.30. The molecule has 2 nitrogen and oxygen atoms in total. The van der Waals surface area contributed by atoms with Crippen LogP contribution in [0.5, 0.6) is 0 Å². The number of hydrogen-bond donors (Lipinski definition) is 0. The van der Waals surface area contributed by atoms with Gasteiger partial charge >= 0.3 is 0 Å². The van der Waals surface area contributed by atoms with E-state index in [4.69, 9.17) is 0 Å². The average molecular weight is 363 g/mol. The van der Waals surface area contributed by atoms with Gasteiger partial charge in [0.15, 0.2) is 5.78 Å². The molecular formula is C23H19F2NO. The summed E-state index contributed by atoms with van der Waals surface area (Å²) in [6, 6.07) is 15.2. The summed E-state index contributed by atoms with van der Waals surface area (Å²) in [7, 11) is 0. The number of carbonyl (C=O) groups excluding carboxylic acids is 1. The fraction of sp³-hybridized carbons (Fsp3) is 0.130. The first kappa shape index (κ1) is 18.6. The number of allylic oxidation sites excluding steroid dienone is 1. The van der Waals surface area contributed by atoms with Crippen LogP contribution >= 0.6 is 0 Å². The standard InChI is InChI=1S/C23H19F2NO/c1-3-16(17-8-5-4-6-9-17)13-22(27)19-14-20(21(24)12-15(19)2)18-10-7-11-26-23(18)25/h3-12,14,16H,1,13H2,2H3. The number of rotatable bonds is 6. The Kier molecular flexibility index (Phi) is 5.55. The first-order valence-electron chi connectivity index (χ1n) is 8.63. The van der Waals surface area contributed by atoms with Crippen molar-refractivity contribution in [3.05, 3.63) is 102 Å². The number of carbonyl (C=O) groups is 1. The van der Waals surface area contributed by atoms with Crippen molar-refractivity contribution in [1.29, 1.82) is 0 Å². The Labute approximate surface area is 157 Å². The molecule has 0 saturated carbocycles. The summed E-state index contributed by atoms with van der Waals surface area (Å²) in [5.74, 6) is -1.65. The Morgan fingerprint density at radius 1 is 1.11 bits per heavy atom. The van der Waals surface area contributed by atoms with E-state index in [-0.39, 0.29) is 29.2 Å². The SMILES string of the molecule is C=CC(CC(=O)c1cc(-c2cccnc2F)c(F)cc1C)c1ccccc1. The van der Waals surface area contributed by atoms with Crippen LogP contribution in [0.15, 0.2) is 73.4 Å². The molecular weight excluding hydrogens is 344 g/mol. The van der Waals surface area contributed by atoms with Gasteiger partial charge in [-0.3, -0.25) is 4.79 Å². The Morgan fingerprint density at radius 2 is 1.85 bits per heavy atom. The summed E-state index contributed by atoms with van der Waals surface area (Å²) in [4.78, 5) is 16.5. The van der Waals surface area contributed by atoms with E-state index in [1.54, 1.807) is 13.0 Å². The number of aryl methyl sites for hydroxylation is 1. The number of pyridine rings is 1. The van der Waals surface area contributed by atoms with Gasteiger partial charge < -0.3 is 0 Å². The molecule has 27 heavy (non-hydrogen) atoms. The normalized spacial score (nSPS) is 11.8. The quantitative estimate of drug-likeness (QED) is 0.311. The van der Waals surface area contributed by atoms with Crippen LogP contribution < -0.4 is 0 Å². The lowest BCUT2D eigenvalue weighted by molar-refractivity contribution is 0.0978. The molecule has 3 rings (SSSR count). The van der Waals surface area contributed by atoms with E-state index >= 15 is 0 Å². The zero-order valence-corrected chi connectivity index (χ0v) is 15.0. The topological polar surface area (TPSA) is 30.0 Å². The molecule has 0 saturated heterocycles. The van der Waals surface area contributed by atoms with Crippen molar-refractivity contribution in [1.82, 2.24) is 4.98 Å². The summed E-state index contributed by atoms with van der Waals surface area (Å²) < 4.78 is 28.4. The van der Waals surface area contributed by atoms with Crippen LogP contribution in [0, 0.1) is 18.7 Å². The second kappa shape index (κ2) is 8.04. The second-order valence-electron chi connectivity index (χ2n) is 6.37. The Bertz CT molecular complexity index is 983. The van der Waals surface area contributed by atoms with Crippen LogP contribution in [0.3, 0.4) is 0 Å². The molecule has 0 spiro atoms. The molecule has 4 heteroatoms. The van der Waals surface area contributed by atoms with Crippen LogP contribution in [0.2, 0.25) is 0 Å². The van der Waals surface area contributed by atoms with Crippen molar-refractivity contribution in [3.63, 3.8) is 0 Å². The Morgan fingerprint density at radius 3 is 2.52 bits per heavy atom. The largest absolute Gasteiger partial charge is 0.294 e. The molecule has 0 bridgehead atoms. The molecule has 2 aromatic carbocycles. The van der Waals surface area contributed by atoms with Crippen molar-refractivity contribution >= 4 is 5.78 Å². The number of aromatic nitrogens is 1. The third-order valence-corrected chi connectivity index (χ3v) is 4.58. The van der Waals surface area contributed by atoms with Crippen LogP contribution in [0.4, 0.5) is 8.78 Å². The Balaban J connectivity index is 1.96. The third kappa shape index (κ3) is 4.00. The molecule has 1 unspecified atom stereocenters. The van der Waals surface area contributed by atoms with Crippen LogP contribution in [-0.4, -0.2) is 10.8 Å². The van der Waals surface area contributed by atoms with E-state index in [2.05, 4.69) is 11.6 Å². The lowest BCUT2D eigenvalue weighted by atomic mass is 9.89. The molecule has 0 aliphatic heterocycles. The van der Waals surface area contributed by atoms with Gasteiger partial charge in [0.2, 0.25) is 5.95 Å². The van der Waals surface area contributed by atoms with Gasteiger partial charge in [-0.05, 0) is 42.3 Å². The summed E-state index contributed by atoms with van der Waals surface area (Å²) in [5, 5.41) is 0. The fourth-order valence-electron chi connectivity index (χ4n) is 3.11. The minimum atomic E-state index is -0.771. The van der Waals surface area contributed by atoms with Crippen LogP contribution in [0.1, 0.15) is 33.8 Å². The smallest absolute Gasteiger partial charge is 0.220 e. The van der Waals surface area contributed by atoms with Gasteiger partial charge in [0.25, 0.3) is 0 Å². The summed E-state index contributed by atoms with van der Waals surface area (Å²) >= 11 is 0. The van der Waals surface area contributed by atoms with Crippen molar-refractivity contribution in [2.75, 3.05) is 0 Å². The van der Waals surface area contributed by atoms with Gasteiger partial charge in [-0.2, -0.15) is 4.39 Å². The molecule has 1 heterocycles. The van der Waals surface area contributed by atoms with Gasteiger partial charge in [-0.1, -0.05) is 36.4 Å². The lowest BCUT2D eigenvalue weighted by Crippen LogP contribution is -2.08. The van der Waals surface area contributed by atoms with E-state index in [0.29, 0.717) is 11.1 Å². The average Bonchev–Trinajstić information content (AvgIpc) is 2.67. The van der Waals surface area contributed by atoms with Crippen molar-refractivity contribution in [3.8, 4) is 11.1 Å². The van der Waals surface area contributed by atoms with Crippen molar-refractivity contribution < 1.29 is 13.6 Å². The molecule has 0 N–H and O–H groups in total. The monoisotopic (exact) mass is 363 g/mol. The molecule has 1 aromatic heterocycles. The zero-order valence-electron chi connectivity index (χ0n) is 15.0. The maximum absolute atomic E-state index is 14.4. The third-order valence-electron chi connectivity index (χ3n) is 4.58. The molecule has 0 aliphatic rings. The highest BCUT2D eigenvalue weighted by Gasteiger charge is 2.20. The van der Waals surface area contributed by atoms with Gasteiger partial charge in [-0.25, -0.2) is 9.37 Å². The summed E-state index contributed by atoms with van der Waals surface area (Å²) in [6.45, 7) is 5.50. The number of nitrogens with zero attached hydrogens (tertiary/aromatic N) is 1. The molecule has 0 aliphatic carbocycles. The molecule has 1 atom stereocenters. The molecule has 0 amide bonds. The van der Waals surface area contributed by atoms with Gasteiger partial charge in [0.05, 0.1) is 0 Å². The maximum Gasteiger partial charge on any atom is 0.220 e. The number of halogens is 2. The minimum absolute atomic E-state index is 0.0319. The highest BCUT2D eigenvalue weighted by atomic mass is 19.1. The number of ketones is 1. The van der Waals surface area contributed by atoms with Crippen LogP contribution in [-0.2, 0) is 0 Å². The second-order valence-corrected chi connectivity index (χ2v) is 6.37. The number of hydrogen-bond acceptors (Lipinski definition) is 2. The van der Waals surface area contributed by atoms with Gasteiger partial charge in [0.1, 0.15) is 5.82 Å². The van der Waals surface area contributed by atoms with E-state index in [1.807, 2.05) is 30.3 Å². The van der Waals surface area contributed by atoms with E-state index in [0.717, 1.165) is 5.56 Å². The zero-order chi connectivity index (χ0) is 19.4. The van der Waals surface area contributed by atoms with Crippen LogP contribution in [0.25, 0.3) is 11.1 Å². The van der Waals surface area contributed by atoms with E-state index in [9.17, 15) is 13.6 Å². The molecule has 3 aromatic rings. The highest BCUT2D eigenvalue weighted by molar-refractivity contribution is 5.99. The molecule has 0 fully saturated rings. The van der Waals surface area contributed by atoms with Crippen molar-refractivity contribution in [2.24, 2.45) is 0 Å². The Hall–Kier alpha value is -3.14. The first-order valence-corrected chi connectivity index (χ1v) is 8.63. The number of benzene rings is 2. The lowest BCUT2D eigenvalue weighted by Gasteiger charge is -2.14. The first-order chi connectivity index (χ1) is 13.0. The number of Topliss-reactive ketones (excluding diaryl/α,β-unsaturated/α-hetero) is 1.